The Labute approximate surface area is 143 Å². The molecule has 0 heterocycles. The third-order valence-electron chi connectivity index (χ3n) is 2.94. The molecule has 0 atom stereocenters. The van der Waals surface area contributed by atoms with Gasteiger partial charge in [-0.15, -0.1) is 0 Å². The summed E-state index contributed by atoms with van der Waals surface area (Å²) in [6.07, 6.45) is 4.37. The van der Waals surface area contributed by atoms with E-state index < -0.39 is 9.05 Å². The fourth-order valence-corrected chi connectivity index (χ4v) is 3.63. The highest BCUT2D eigenvalue weighted by molar-refractivity contribution is 6.53. The summed E-state index contributed by atoms with van der Waals surface area (Å²) in [5.74, 6) is 0. The van der Waals surface area contributed by atoms with E-state index in [-0.39, 0.29) is 0 Å². The van der Waals surface area contributed by atoms with Crippen molar-refractivity contribution in [1.82, 2.24) is 0 Å². The number of ether oxygens (including phenoxy) is 2. The normalized spacial score (nSPS) is 12.0. The molecule has 0 aliphatic heterocycles. The van der Waals surface area contributed by atoms with Gasteiger partial charge in [-0.3, -0.25) is 0 Å². The van der Waals surface area contributed by atoms with Crippen molar-refractivity contribution in [3.8, 4) is 0 Å². The summed E-state index contributed by atoms with van der Waals surface area (Å²) in [5.41, 5.74) is 0. The zero-order chi connectivity index (χ0) is 17.2. The molecule has 0 saturated heterocycles. The molecule has 0 N–H and O–H groups in total. The first-order chi connectivity index (χ1) is 11.2. The monoisotopic (exact) mass is 352 g/mol. The van der Waals surface area contributed by atoms with Crippen molar-refractivity contribution in [2.45, 2.75) is 53.4 Å². The van der Waals surface area contributed by atoms with Crippen LogP contribution in [0.5, 0.6) is 0 Å². The second-order valence-corrected chi connectivity index (χ2v) is 7.15. The molecule has 0 unspecified atom stereocenters. The Morgan fingerprint density at radius 3 is 1.30 bits per heavy atom. The Kier molecular flexibility index (Phi) is 16.8. The van der Waals surface area contributed by atoms with Crippen LogP contribution >= 0.6 is 0 Å². The van der Waals surface area contributed by atoms with Crippen LogP contribution in [0.4, 0.5) is 0 Å². The van der Waals surface area contributed by atoms with E-state index in [9.17, 15) is 0 Å². The highest BCUT2D eigenvalue weighted by Gasteiger charge is 2.45. The van der Waals surface area contributed by atoms with E-state index in [2.05, 4.69) is 13.8 Å². The quantitative estimate of drug-likeness (QED) is 0.279. The number of rotatable bonds is 18. The Bertz CT molecular complexity index is 219. The molecule has 0 aromatic heterocycles. The van der Waals surface area contributed by atoms with Crippen molar-refractivity contribution in [1.29, 1.82) is 0 Å². The zero-order valence-electron chi connectivity index (χ0n) is 15.4. The second kappa shape index (κ2) is 16.8. The van der Waals surface area contributed by atoms with Gasteiger partial charge in [-0.1, -0.05) is 26.7 Å². The van der Waals surface area contributed by atoms with Crippen molar-refractivity contribution >= 4 is 9.05 Å². The molecular weight excluding hydrogens is 316 g/mol. The number of hydrogen-bond acceptors (Lipinski definition) is 6. The van der Waals surface area contributed by atoms with Crippen molar-refractivity contribution in [3.05, 3.63) is 0 Å². The lowest BCUT2D eigenvalue weighted by molar-refractivity contribution is -0.0509. The molecular formula is C16H36O6Si. The Hall–Kier alpha value is -0.0231. The third-order valence-corrected chi connectivity index (χ3v) is 5.34. The minimum absolute atomic E-state index is 0.409. The van der Waals surface area contributed by atoms with Gasteiger partial charge in [-0.2, -0.15) is 0 Å². The molecule has 0 aromatic rings. The lowest BCUT2D eigenvalue weighted by Gasteiger charge is -2.27. The van der Waals surface area contributed by atoms with Crippen LogP contribution in [0.3, 0.4) is 0 Å². The topological polar surface area (TPSA) is 55.4 Å². The van der Waals surface area contributed by atoms with Gasteiger partial charge >= 0.3 is 9.05 Å². The maximum absolute atomic E-state index is 5.81. The first-order valence-electron chi connectivity index (χ1n) is 8.95. The maximum Gasteiger partial charge on any atom is 0.679 e. The van der Waals surface area contributed by atoms with Crippen LogP contribution in [0.25, 0.3) is 0 Å². The van der Waals surface area contributed by atoms with E-state index in [0.717, 1.165) is 38.9 Å². The van der Waals surface area contributed by atoms with Crippen molar-refractivity contribution < 1.29 is 27.2 Å². The second-order valence-electron chi connectivity index (χ2n) is 4.99. The predicted octanol–water partition coefficient (Wildman–Crippen LogP) is 3.16. The highest BCUT2D eigenvalue weighted by Crippen LogP contribution is 2.12. The molecule has 0 saturated carbocycles. The fourth-order valence-electron chi connectivity index (χ4n) is 1.75. The SMILES string of the molecule is CCCCOCCO[Si](OCC)(OCC)OCCOCCCC. The summed E-state index contributed by atoms with van der Waals surface area (Å²) in [7, 11) is -3.09. The van der Waals surface area contributed by atoms with Gasteiger partial charge in [0.2, 0.25) is 0 Å². The molecule has 6 nitrogen and oxygen atoms in total. The van der Waals surface area contributed by atoms with E-state index in [4.69, 9.17) is 27.2 Å². The number of unbranched alkanes of at least 4 members (excludes halogenated alkanes) is 2. The Balaban J connectivity index is 4.11. The molecule has 0 aliphatic carbocycles. The predicted molar refractivity (Wildman–Crippen MR) is 92.4 cm³/mol. The van der Waals surface area contributed by atoms with Gasteiger partial charge in [0.15, 0.2) is 0 Å². The van der Waals surface area contributed by atoms with E-state index in [1.54, 1.807) is 0 Å². The average Bonchev–Trinajstić information content (AvgIpc) is 2.54. The van der Waals surface area contributed by atoms with Gasteiger partial charge in [0.05, 0.1) is 26.4 Å². The molecule has 140 valence electrons. The standard InChI is InChI=1S/C16H36O6Si/c1-5-9-11-17-13-15-21-23(19-7-3,20-8-4)22-16-14-18-12-10-6-2/h5-16H2,1-4H3. The molecule has 0 spiro atoms. The summed E-state index contributed by atoms with van der Waals surface area (Å²) >= 11 is 0. The van der Waals surface area contributed by atoms with E-state index in [0.29, 0.717) is 39.6 Å². The van der Waals surface area contributed by atoms with Gasteiger partial charge in [0.25, 0.3) is 0 Å². The third kappa shape index (κ3) is 13.0. The molecule has 7 heteroatoms. The van der Waals surface area contributed by atoms with Gasteiger partial charge < -0.3 is 27.2 Å². The Morgan fingerprint density at radius 2 is 0.957 bits per heavy atom. The van der Waals surface area contributed by atoms with Crippen LogP contribution in [0.1, 0.15) is 53.4 Å². The van der Waals surface area contributed by atoms with Crippen LogP contribution < -0.4 is 0 Å². The van der Waals surface area contributed by atoms with Gasteiger partial charge in [0.1, 0.15) is 0 Å². The molecule has 0 aliphatic rings. The summed E-state index contributed by atoms with van der Waals surface area (Å²) < 4.78 is 34.0. The molecule has 0 radical (unpaired) electrons. The number of hydrogen-bond donors (Lipinski definition) is 0. The van der Waals surface area contributed by atoms with E-state index >= 15 is 0 Å². The van der Waals surface area contributed by atoms with Crippen LogP contribution in [-0.4, -0.2) is 61.9 Å². The lowest BCUT2D eigenvalue weighted by atomic mass is 10.4. The fraction of sp³-hybridized carbons (Fsp3) is 1.00. The van der Waals surface area contributed by atoms with E-state index in [1.807, 2.05) is 13.8 Å². The first kappa shape index (κ1) is 23.0. The van der Waals surface area contributed by atoms with Gasteiger partial charge in [0, 0.05) is 26.4 Å². The van der Waals surface area contributed by atoms with E-state index in [1.165, 1.54) is 0 Å². The maximum atomic E-state index is 5.81. The minimum Gasteiger partial charge on any atom is -0.379 e. The summed E-state index contributed by atoms with van der Waals surface area (Å²) in [6, 6.07) is 0. The van der Waals surface area contributed by atoms with Crippen LogP contribution in [-0.2, 0) is 27.2 Å². The Morgan fingerprint density at radius 1 is 0.522 bits per heavy atom. The average molecular weight is 353 g/mol. The van der Waals surface area contributed by atoms with Gasteiger partial charge in [-0.25, -0.2) is 0 Å². The summed E-state index contributed by atoms with van der Waals surface area (Å²) in [5, 5.41) is 0. The largest absolute Gasteiger partial charge is 0.679 e. The van der Waals surface area contributed by atoms with Crippen molar-refractivity contribution in [2.24, 2.45) is 0 Å². The van der Waals surface area contributed by atoms with Crippen LogP contribution in [0.2, 0.25) is 0 Å². The van der Waals surface area contributed by atoms with Gasteiger partial charge in [-0.05, 0) is 26.7 Å². The summed E-state index contributed by atoms with van der Waals surface area (Å²) in [6.45, 7) is 12.4. The molecule has 0 amide bonds. The molecule has 23 heavy (non-hydrogen) atoms. The van der Waals surface area contributed by atoms with Crippen LogP contribution in [0.15, 0.2) is 0 Å². The van der Waals surface area contributed by atoms with Crippen LogP contribution in [0, 0.1) is 0 Å². The molecule has 0 fully saturated rings. The van der Waals surface area contributed by atoms with Crippen molar-refractivity contribution in [3.63, 3.8) is 0 Å². The zero-order valence-corrected chi connectivity index (χ0v) is 16.4. The minimum atomic E-state index is -3.09. The summed E-state index contributed by atoms with van der Waals surface area (Å²) in [4.78, 5) is 0. The molecule has 0 aromatic carbocycles. The molecule has 0 bridgehead atoms. The lowest BCUT2D eigenvalue weighted by Crippen LogP contribution is -2.50. The molecule has 0 rings (SSSR count). The van der Waals surface area contributed by atoms with Crippen molar-refractivity contribution in [2.75, 3.05) is 52.9 Å². The smallest absolute Gasteiger partial charge is 0.379 e. The highest BCUT2D eigenvalue weighted by atomic mass is 28.4. The first-order valence-corrected chi connectivity index (χ1v) is 10.6.